The molecule has 4 rings (SSSR count). The molecule has 0 saturated heterocycles. The predicted octanol–water partition coefficient (Wildman–Crippen LogP) is 3.16. The van der Waals surface area contributed by atoms with E-state index in [0.29, 0.717) is 0 Å². The van der Waals surface area contributed by atoms with Gasteiger partial charge in [0.25, 0.3) is 0 Å². The third kappa shape index (κ3) is 1.55. The predicted molar refractivity (Wildman–Crippen MR) is 80.8 cm³/mol. The van der Waals surface area contributed by atoms with Gasteiger partial charge in [-0.05, 0) is 34.4 Å². The number of fused-ring (bicyclic) bond motifs is 2. The van der Waals surface area contributed by atoms with Crippen LogP contribution in [0.15, 0.2) is 60.9 Å². The lowest BCUT2D eigenvalue weighted by Crippen LogP contribution is -2.01. The van der Waals surface area contributed by atoms with Crippen LogP contribution in [0.4, 0.5) is 5.69 Å². The molecule has 0 unspecified atom stereocenters. The van der Waals surface area contributed by atoms with Crippen molar-refractivity contribution in [2.24, 2.45) is 0 Å². The van der Waals surface area contributed by atoms with Crippen LogP contribution in [-0.4, -0.2) is 15.0 Å². The van der Waals surface area contributed by atoms with E-state index in [1.165, 1.54) is 10.8 Å². The Hall–Kier alpha value is -2.88. The fourth-order valence-corrected chi connectivity index (χ4v) is 2.56. The standard InChI is InChI=1S/C16H12N4/c17-16-14-10-12-4-2-1-3-11(12)9-13(14)5-6-15(16)20-8-7-18-19-20/h1-10H,17H2. The molecule has 20 heavy (non-hydrogen) atoms. The minimum absolute atomic E-state index is 0.721. The molecule has 1 heterocycles. The van der Waals surface area contributed by atoms with E-state index in [1.54, 1.807) is 17.1 Å². The van der Waals surface area contributed by atoms with Crippen LogP contribution in [0, 0.1) is 0 Å². The monoisotopic (exact) mass is 260 g/mol. The highest BCUT2D eigenvalue weighted by atomic mass is 15.4. The van der Waals surface area contributed by atoms with Crippen molar-refractivity contribution in [3.63, 3.8) is 0 Å². The maximum absolute atomic E-state index is 6.31. The van der Waals surface area contributed by atoms with Gasteiger partial charge in [-0.3, -0.25) is 0 Å². The summed E-state index contributed by atoms with van der Waals surface area (Å²) in [5.74, 6) is 0. The third-order valence-electron chi connectivity index (χ3n) is 3.57. The molecule has 0 saturated carbocycles. The number of aromatic nitrogens is 3. The van der Waals surface area contributed by atoms with E-state index < -0.39 is 0 Å². The zero-order valence-electron chi connectivity index (χ0n) is 10.7. The fourth-order valence-electron chi connectivity index (χ4n) is 2.56. The summed E-state index contributed by atoms with van der Waals surface area (Å²) in [5.41, 5.74) is 7.89. The molecule has 0 aliphatic heterocycles. The Morgan fingerprint density at radius 1 is 0.900 bits per heavy atom. The van der Waals surface area contributed by atoms with Crippen LogP contribution in [0.1, 0.15) is 0 Å². The normalized spacial score (nSPS) is 11.2. The molecule has 0 fully saturated rings. The van der Waals surface area contributed by atoms with Crippen molar-refractivity contribution >= 4 is 27.2 Å². The summed E-state index contributed by atoms with van der Waals surface area (Å²) in [6.07, 6.45) is 3.43. The highest BCUT2D eigenvalue weighted by Gasteiger charge is 2.08. The molecule has 2 N–H and O–H groups in total. The van der Waals surface area contributed by atoms with E-state index in [1.807, 2.05) is 18.2 Å². The molecular weight excluding hydrogens is 248 g/mol. The summed E-state index contributed by atoms with van der Waals surface area (Å²) in [7, 11) is 0. The maximum Gasteiger partial charge on any atom is 0.0899 e. The van der Waals surface area contributed by atoms with Gasteiger partial charge in [-0.25, -0.2) is 4.68 Å². The summed E-state index contributed by atoms with van der Waals surface area (Å²) >= 11 is 0. The fraction of sp³-hybridized carbons (Fsp3) is 0. The summed E-state index contributed by atoms with van der Waals surface area (Å²) in [6, 6.07) is 16.6. The highest BCUT2D eigenvalue weighted by Crippen LogP contribution is 2.30. The largest absolute Gasteiger partial charge is 0.396 e. The lowest BCUT2D eigenvalue weighted by Gasteiger charge is -2.10. The first-order valence-corrected chi connectivity index (χ1v) is 6.40. The molecule has 0 radical (unpaired) electrons. The average molecular weight is 260 g/mol. The average Bonchev–Trinajstić information content (AvgIpc) is 3.00. The number of nitrogens with zero attached hydrogens (tertiary/aromatic N) is 3. The van der Waals surface area contributed by atoms with Crippen molar-refractivity contribution < 1.29 is 0 Å². The minimum atomic E-state index is 0.721. The van der Waals surface area contributed by atoms with E-state index in [2.05, 4.69) is 40.6 Å². The van der Waals surface area contributed by atoms with Gasteiger partial charge in [-0.2, -0.15) is 0 Å². The van der Waals surface area contributed by atoms with Gasteiger partial charge in [0.05, 0.1) is 23.8 Å². The van der Waals surface area contributed by atoms with Gasteiger partial charge in [-0.15, -0.1) is 5.10 Å². The van der Waals surface area contributed by atoms with Gasteiger partial charge in [0.15, 0.2) is 0 Å². The van der Waals surface area contributed by atoms with Crippen LogP contribution in [-0.2, 0) is 0 Å². The topological polar surface area (TPSA) is 56.7 Å². The first-order chi connectivity index (χ1) is 9.83. The summed E-state index contributed by atoms with van der Waals surface area (Å²) in [4.78, 5) is 0. The number of nitrogen functional groups attached to an aromatic ring is 1. The molecule has 0 amide bonds. The molecule has 4 aromatic rings. The van der Waals surface area contributed by atoms with Crippen molar-refractivity contribution in [3.8, 4) is 5.69 Å². The maximum atomic E-state index is 6.31. The highest BCUT2D eigenvalue weighted by molar-refractivity contribution is 6.05. The van der Waals surface area contributed by atoms with Crippen LogP contribution < -0.4 is 5.73 Å². The van der Waals surface area contributed by atoms with Crippen LogP contribution >= 0.6 is 0 Å². The Bertz CT molecular complexity index is 910. The molecule has 1 aromatic heterocycles. The number of anilines is 1. The Kier molecular flexibility index (Phi) is 2.23. The molecular formula is C16H12N4. The van der Waals surface area contributed by atoms with Gasteiger partial charge in [0.2, 0.25) is 0 Å². The lowest BCUT2D eigenvalue weighted by atomic mass is 10.0. The summed E-state index contributed by atoms with van der Waals surface area (Å²) in [6.45, 7) is 0. The van der Waals surface area contributed by atoms with Crippen LogP contribution in [0.2, 0.25) is 0 Å². The van der Waals surface area contributed by atoms with Crippen LogP contribution in [0.25, 0.3) is 27.2 Å². The smallest absolute Gasteiger partial charge is 0.0899 e. The van der Waals surface area contributed by atoms with E-state index in [0.717, 1.165) is 22.1 Å². The van der Waals surface area contributed by atoms with Crippen LogP contribution in [0.5, 0.6) is 0 Å². The minimum Gasteiger partial charge on any atom is -0.396 e. The molecule has 0 aliphatic carbocycles. The van der Waals surface area contributed by atoms with Crippen molar-refractivity contribution in [2.45, 2.75) is 0 Å². The van der Waals surface area contributed by atoms with Gasteiger partial charge in [0, 0.05) is 5.39 Å². The van der Waals surface area contributed by atoms with E-state index in [4.69, 9.17) is 5.73 Å². The Labute approximate surface area is 115 Å². The molecule has 0 atom stereocenters. The first kappa shape index (κ1) is 11.0. The van der Waals surface area contributed by atoms with Gasteiger partial charge < -0.3 is 5.73 Å². The van der Waals surface area contributed by atoms with Crippen molar-refractivity contribution in [3.05, 3.63) is 60.9 Å². The number of rotatable bonds is 1. The lowest BCUT2D eigenvalue weighted by molar-refractivity contribution is 0.806. The van der Waals surface area contributed by atoms with Gasteiger partial charge in [-0.1, -0.05) is 35.5 Å². The van der Waals surface area contributed by atoms with E-state index in [9.17, 15) is 0 Å². The second-order valence-corrected chi connectivity index (χ2v) is 4.77. The zero-order valence-corrected chi connectivity index (χ0v) is 10.7. The third-order valence-corrected chi connectivity index (χ3v) is 3.57. The SMILES string of the molecule is Nc1c(-n2ccnn2)ccc2cc3ccccc3cc12. The molecule has 0 aliphatic rings. The Morgan fingerprint density at radius 2 is 1.70 bits per heavy atom. The molecule has 3 aromatic carbocycles. The van der Waals surface area contributed by atoms with E-state index in [-0.39, 0.29) is 0 Å². The first-order valence-electron chi connectivity index (χ1n) is 6.40. The molecule has 0 spiro atoms. The number of nitrogens with two attached hydrogens (primary N) is 1. The number of benzene rings is 3. The summed E-state index contributed by atoms with van der Waals surface area (Å²) in [5, 5.41) is 12.4. The quantitative estimate of drug-likeness (QED) is 0.422. The number of hydrogen-bond donors (Lipinski definition) is 1. The molecule has 4 nitrogen and oxygen atoms in total. The van der Waals surface area contributed by atoms with Gasteiger partial charge >= 0.3 is 0 Å². The van der Waals surface area contributed by atoms with Crippen LogP contribution in [0.3, 0.4) is 0 Å². The van der Waals surface area contributed by atoms with E-state index >= 15 is 0 Å². The molecule has 4 heteroatoms. The molecule has 96 valence electrons. The van der Waals surface area contributed by atoms with Crippen molar-refractivity contribution in [1.29, 1.82) is 0 Å². The second-order valence-electron chi connectivity index (χ2n) is 4.77. The number of hydrogen-bond acceptors (Lipinski definition) is 3. The van der Waals surface area contributed by atoms with Crippen molar-refractivity contribution in [2.75, 3.05) is 5.73 Å². The molecule has 0 bridgehead atoms. The zero-order chi connectivity index (χ0) is 13.5. The Morgan fingerprint density at radius 3 is 2.45 bits per heavy atom. The van der Waals surface area contributed by atoms with Gasteiger partial charge in [0.1, 0.15) is 0 Å². The Balaban J connectivity index is 2.07. The summed E-state index contributed by atoms with van der Waals surface area (Å²) < 4.78 is 1.68. The van der Waals surface area contributed by atoms with Crippen molar-refractivity contribution in [1.82, 2.24) is 15.0 Å². The second kappa shape index (κ2) is 4.06.